The van der Waals surface area contributed by atoms with E-state index in [-0.39, 0.29) is 17.9 Å². The van der Waals surface area contributed by atoms with Crippen LogP contribution in [0, 0.1) is 6.92 Å². The minimum atomic E-state index is -0.901. The smallest absolute Gasteiger partial charge is 0.295 e. The van der Waals surface area contributed by atoms with E-state index in [4.69, 9.17) is 14.2 Å². The van der Waals surface area contributed by atoms with Crippen molar-refractivity contribution in [1.29, 1.82) is 0 Å². The summed E-state index contributed by atoms with van der Waals surface area (Å²) in [5.74, 6) is -0.143. The largest absolute Gasteiger partial charge is 0.507 e. The van der Waals surface area contributed by atoms with Gasteiger partial charge in [0.05, 0.1) is 39.5 Å². The molecule has 2 N–H and O–H groups in total. The maximum Gasteiger partial charge on any atom is 0.295 e. The van der Waals surface area contributed by atoms with Crippen LogP contribution in [-0.4, -0.2) is 43.0 Å². The second-order valence-corrected chi connectivity index (χ2v) is 8.13. The number of aromatic amines is 1. The number of aryl methyl sites for hydroxylation is 1. The molecule has 1 aromatic heterocycles. The molecule has 0 spiro atoms. The van der Waals surface area contributed by atoms with Crippen LogP contribution in [0.2, 0.25) is 0 Å². The Morgan fingerprint density at radius 3 is 2.34 bits per heavy atom. The molecule has 1 fully saturated rings. The van der Waals surface area contributed by atoms with Crippen molar-refractivity contribution < 1.29 is 33.9 Å². The van der Waals surface area contributed by atoms with Crippen molar-refractivity contribution in [3.8, 4) is 17.2 Å². The molecule has 0 bridgehead atoms. The average molecular weight is 476 g/mol. The van der Waals surface area contributed by atoms with Crippen LogP contribution in [0.5, 0.6) is 17.2 Å². The van der Waals surface area contributed by atoms with Gasteiger partial charge in [-0.05, 0) is 55.0 Å². The van der Waals surface area contributed by atoms with Crippen LogP contribution in [-0.2, 0) is 16.1 Å². The number of nitrogens with zero attached hydrogens (tertiary/aromatic N) is 1. The van der Waals surface area contributed by atoms with E-state index in [2.05, 4.69) is 4.98 Å². The highest BCUT2D eigenvalue weighted by Crippen LogP contribution is 2.44. The van der Waals surface area contributed by atoms with Crippen LogP contribution < -0.4 is 19.2 Å². The molecule has 2 heterocycles. The van der Waals surface area contributed by atoms with Gasteiger partial charge in [0.15, 0.2) is 12.4 Å². The number of nitrogens with one attached hydrogen (secondary N) is 1. The Labute approximate surface area is 203 Å². The fourth-order valence-corrected chi connectivity index (χ4v) is 4.32. The van der Waals surface area contributed by atoms with Gasteiger partial charge in [-0.3, -0.25) is 9.59 Å². The number of ether oxygens (including phenoxy) is 3. The molecule has 1 aliphatic rings. The monoisotopic (exact) mass is 475 g/mol. The normalized spacial score (nSPS) is 16.9. The maximum absolute atomic E-state index is 13.4. The highest BCUT2D eigenvalue weighted by atomic mass is 16.5. The Hall–Kier alpha value is -4.33. The molecule has 1 unspecified atom stereocenters. The van der Waals surface area contributed by atoms with E-state index in [9.17, 15) is 14.7 Å². The number of methoxy groups -OCH3 is 3. The Morgan fingerprint density at radius 1 is 1.00 bits per heavy atom. The molecule has 35 heavy (non-hydrogen) atoms. The van der Waals surface area contributed by atoms with Crippen molar-refractivity contribution in [1.82, 2.24) is 4.90 Å². The molecule has 3 aromatic rings. The average Bonchev–Trinajstić information content (AvgIpc) is 3.13. The summed E-state index contributed by atoms with van der Waals surface area (Å²) in [6.45, 7) is 1.94. The van der Waals surface area contributed by atoms with Crippen LogP contribution >= 0.6 is 0 Å². The van der Waals surface area contributed by atoms with Gasteiger partial charge in [0.25, 0.3) is 11.7 Å². The fourth-order valence-electron chi connectivity index (χ4n) is 4.32. The first-order valence-corrected chi connectivity index (χ1v) is 11.0. The molecule has 8 nitrogen and oxygen atoms in total. The number of rotatable bonds is 7. The predicted molar refractivity (Wildman–Crippen MR) is 128 cm³/mol. The number of carbonyl (C=O) groups is 2. The molecule has 1 atom stereocenters. The molecule has 0 saturated carbocycles. The summed E-state index contributed by atoms with van der Waals surface area (Å²) in [4.78, 5) is 31.1. The number of aliphatic hydroxyl groups excluding tert-OH is 1. The number of Topliss-reactive ketones (excluding diaryl/α,β-unsaturated/α-hetero) is 1. The summed E-state index contributed by atoms with van der Waals surface area (Å²) >= 11 is 0. The van der Waals surface area contributed by atoms with Crippen molar-refractivity contribution in [2.75, 3.05) is 21.3 Å². The minimum Gasteiger partial charge on any atom is -0.507 e. The Morgan fingerprint density at radius 2 is 1.71 bits per heavy atom. The zero-order chi connectivity index (χ0) is 25.1. The van der Waals surface area contributed by atoms with Gasteiger partial charge in [0, 0.05) is 22.8 Å². The number of carbonyl (C=O) groups excluding carboxylic acids is 2. The van der Waals surface area contributed by atoms with E-state index < -0.39 is 17.7 Å². The third kappa shape index (κ3) is 4.42. The van der Waals surface area contributed by atoms with Crippen molar-refractivity contribution >= 4 is 17.4 Å². The topological polar surface area (TPSA) is 99.4 Å². The number of amides is 1. The third-order valence-corrected chi connectivity index (χ3v) is 6.08. The minimum absolute atomic E-state index is 0.0188. The van der Waals surface area contributed by atoms with Gasteiger partial charge in [-0.2, -0.15) is 0 Å². The lowest BCUT2D eigenvalue weighted by Crippen LogP contribution is -2.29. The number of hydrogen-bond donors (Lipinski definition) is 1. The number of aliphatic hydroxyl groups is 1. The third-order valence-electron chi connectivity index (χ3n) is 6.08. The number of likely N-dealkylation sites (tertiary alicyclic amines) is 1. The number of aromatic nitrogens is 1. The van der Waals surface area contributed by atoms with Crippen molar-refractivity contribution in [2.45, 2.75) is 19.5 Å². The van der Waals surface area contributed by atoms with E-state index in [1.54, 1.807) is 62.8 Å². The summed E-state index contributed by atoms with van der Waals surface area (Å²) in [6.07, 6.45) is 3.51. The van der Waals surface area contributed by atoms with E-state index in [0.717, 1.165) is 5.56 Å². The number of pyridine rings is 1. The molecule has 8 heteroatoms. The number of H-pyrrole nitrogens is 1. The second-order valence-electron chi connectivity index (χ2n) is 8.13. The van der Waals surface area contributed by atoms with Gasteiger partial charge in [0.1, 0.15) is 23.0 Å². The van der Waals surface area contributed by atoms with Gasteiger partial charge in [-0.1, -0.05) is 0 Å². The van der Waals surface area contributed by atoms with Crippen molar-refractivity contribution in [3.63, 3.8) is 0 Å². The quantitative estimate of drug-likeness (QED) is 0.319. The molecule has 4 rings (SSSR count). The van der Waals surface area contributed by atoms with Gasteiger partial charge in [-0.15, -0.1) is 0 Å². The fraction of sp³-hybridized carbons (Fsp3) is 0.222. The van der Waals surface area contributed by atoms with Crippen molar-refractivity contribution in [2.24, 2.45) is 0 Å². The zero-order valence-electron chi connectivity index (χ0n) is 20.0. The molecular formula is C27H27N2O6+. The highest BCUT2D eigenvalue weighted by Gasteiger charge is 2.47. The molecule has 0 radical (unpaired) electrons. The molecular weight excluding hydrogens is 448 g/mol. The Balaban J connectivity index is 1.95. The van der Waals surface area contributed by atoms with Gasteiger partial charge in [0.2, 0.25) is 0 Å². The number of benzene rings is 2. The van der Waals surface area contributed by atoms with Crippen LogP contribution in [0.15, 0.2) is 66.5 Å². The van der Waals surface area contributed by atoms with Gasteiger partial charge < -0.3 is 24.2 Å². The molecule has 1 aliphatic heterocycles. The zero-order valence-corrected chi connectivity index (χ0v) is 20.0. The van der Waals surface area contributed by atoms with E-state index >= 15 is 0 Å². The SMILES string of the molecule is COc1ccc(C(O)=C2C(=O)C(=O)N(Cc3ccc[nH+]c3)C2c2cc(OC)ccc2OC)c(C)c1. The molecule has 2 aromatic carbocycles. The first-order chi connectivity index (χ1) is 16.9. The van der Waals surface area contributed by atoms with Crippen LogP contribution in [0.4, 0.5) is 0 Å². The van der Waals surface area contributed by atoms with E-state index in [1.807, 2.05) is 12.1 Å². The molecule has 1 amide bonds. The van der Waals surface area contributed by atoms with Gasteiger partial charge in [-0.25, -0.2) is 4.98 Å². The van der Waals surface area contributed by atoms with Crippen LogP contribution in [0.25, 0.3) is 5.76 Å². The van der Waals surface area contributed by atoms with Gasteiger partial charge >= 0.3 is 0 Å². The second kappa shape index (κ2) is 9.89. The lowest BCUT2D eigenvalue weighted by Gasteiger charge is -2.26. The summed E-state index contributed by atoms with van der Waals surface area (Å²) < 4.78 is 16.2. The van der Waals surface area contributed by atoms with Crippen LogP contribution in [0.3, 0.4) is 0 Å². The first-order valence-electron chi connectivity index (χ1n) is 11.0. The summed E-state index contributed by atoms with van der Waals surface area (Å²) in [6, 6.07) is 13.0. The number of hydrogen-bond acceptors (Lipinski definition) is 6. The Bertz CT molecular complexity index is 1300. The van der Waals surface area contributed by atoms with E-state index in [0.29, 0.717) is 33.9 Å². The lowest BCUT2D eigenvalue weighted by molar-refractivity contribution is -0.378. The summed E-state index contributed by atoms with van der Waals surface area (Å²) in [5, 5.41) is 11.4. The summed E-state index contributed by atoms with van der Waals surface area (Å²) in [5.41, 5.74) is 2.43. The Kier molecular flexibility index (Phi) is 6.73. The maximum atomic E-state index is 13.4. The predicted octanol–water partition coefficient (Wildman–Crippen LogP) is 3.46. The first kappa shape index (κ1) is 23.8. The molecule has 1 saturated heterocycles. The molecule has 180 valence electrons. The highest BCUT2D eigenvalue weighted by molar-refractivity contribution is 6.46. The van der Waals surface area contributed by atoms with Crippen molar-refractivity contribution in [3.05, 3.63) is 88.8 Å². The standard InChI is InChI=1S/C27H26N2O6/c1-16-12-18(33-2)7-9-20(16)25(30)23-24(21-13-19(34-3)8-10-22(21)35-4)29(27(32)26(23)31)15-17-6-5-11-28-14-17/h5-14,24,30H,15H2,1-4H3/p+1. The van der Waals surface area contributed by atoms with E-state index in [1.165, 1.54) is 19.1 Å². The lowest BCUT2D eigenvalue weighted by atomic mass is 9.93. The summed E-state index contributed by atoms with van der Waals surface area (Å²) in [7, 11) is 4.59. The molecule has 0 aliphatic carbocycles. The number of ketones is 1. The van der Waals surface area contributed by atoms with Crippen LogP contribution in [0.1, 0.15) is 28.3 Å².